The molecule has 0 amide bonds. The standard InChI is InChI=1S/C32H54N.ClH/c1-4-7-8-9-10-11-12-13-14-15-16-17-18-21-29-33(27-5-2,28-6-3)32-26-22-24-30-23-19-20-25-31(30)32;/h19-20,22-26H,4-18,21,27-29H2,1-3H3;1H/q+1;/p-1. The molecule has 1 nitrogen and oxygen atoms in total. The first-order valence-corrected chi connectivity index (χ1v) is 14.6. The van der Waals surface area contributed by atoms with E-state index in [9.17, 15) is 0 Å². The van der Waals surface area contributed by atoms with Crippen molar-refractivity contribution in [3.05, 3.63) is 42.5 Å². The van der Waals surface area contributed by atoms with E-state index in [2.05, 4.69) is 63.2 Å². The van der Waals surface area contributed by atoms with Crippen LogP contribution in [0, 0.1) is 0 Å². The highest BCUT2D eigenvalue weighted by atomic mass is 35.5. The van der Waals surface area contributed by atoms with Gasteiger partial charge in [0.05, 0.1) is 19.6 Å². The second-order valence-corrected chi connectivity index (χ2v) is 10.4. The Labute approximate surface area is 218 Å². The van der Waals surface area contributed by atoms with Crippen molar-refractivity contribution in [2.75, 3.05) is 19.6 Å². The SMILES string of the molecule is CCCCCCCCCCCCCCCC[N+](CCC)(CCC)c1cccc2ccccc12.[Cl-]. The Morgan fingerprint density at radius 1 is 0.471 bits per heavy atom. The minimum atomic E-state index is 0. The van der Waals surface area contributed by atoms with Crippen molar-refractivity contribution >= 4 is 16.5 Å². The summed E-state index contributed by atoms with van der Waals surface area (Å²) >= 11 is 0. The van der Waals surface area contributed by atoms with Crippen LogP contribution < -0.4 is 16.9 Å². The summed E-state index contributed by atoms with van der Waals surface area (Å²) in [6, 6.07) is 16.0. The Morgan fingerprint density at radius 3 is 1.47 bits per heavy atom. The van der Waals surface area contributed by atoms with Gasteiger partial charge in [-0.25, -0.2) is 0 Å². The predicted octanol–water partition coefficient (Wildman–Crippen LogP) is 7.45. The van der Waals surface area contributed by atoms with Gasteiger partial charge >= 0.3 is 0 Å². The van der Waals surface area contributed by atoms with Gasteiger partial charge in [-0.1, -0.05) is 128 Å². The van der Waals surface area contributed by atoms with Crippen LogP contribution in [0.2, 0.25) is 0 Å². The van der Waals surface area contributed by atoms with Gasteiger partial charge in [0.1, 0.15) is 5.69 Å². The molecule has 0 N–H and O–H groups in total. The van der Waals surface area contributed by atoms with E-state index >= 15 is 0 Å². The van der Waals surface area contributed by atoms with Crippen LogP contribution in [0.3, 0.4) is 0 Å². The number of hydrogen-bond acceptors (Lipinski definition) is 0. The van der Waals surface area contributed by atoms with E-state index in [1.54, 1.807) is 5.69 Å². The fraction of sp³-hybridized carbons (Fsp3) is 0.688. The molecule has 0 aromatic heterocycles. The molecular formula is C32H54ClN. The number of quaternary nitrogens is 1. The summed E-state index contributed by atoms with van der Waals surface area (Å²) < 4.78 is 1.17. The fourth-order valence-electron chi connectivity index (χ4n) is 5.78. The van der Waals surface area contributed by atoms with Crippen LogP contribution in [-0.4, -0.2) is 19.6 Å². The molecule has 0 atom stereocenters. The lowest BCUT2D eigenvalue weighted by atomic mass is 10.0. The molecule has 2 aromatic carbocycles. The van der Waals surface area contributed by atoms with Crippen molar-refractivity contribution in [2.24, 2.45) is 0 Å². The number of benzene rings is 2. The third kappa shape index (κ3) is 10.7. The Kier molecular flexibility index (Phi) is 17.5. The maximum absolute atomic E-state index is 2.41. The number of hydrogen-bond donors (Lipinski definition) is 0. The van der Waals surface area contributed by atoms with Crippen LogP contribution >= 0.6 is 0 Å². The molecule has 2 rings (SSSR count). The lowest BCUT2D eigenvalue weighted by Gasteiger charge is -2.39. The highest BCUT2D eigenvalue weighted by Gasteiger charge is 2.29. The van der Waals surface area contributed by atoms with Gasteiger partial charge in [-0.15, -0.1) is 0 Å². The van der Waals surface area contributed by atoms with Gasteiger partial charge in [-0.2, -0.15) is 0 Å². The molecule has 0 heterocycles. The third-order valence-corrected chi connectivity index (χ3v) is 7.52. The van der Waals surface area contributed by atoms with E-state index in [1.165, 1.54) is 138 Å². The Balaban J connectivity index is 0.00000578. The molecule has 0 saturated carbocycles. The summed E-state index contributed by atoms with van der Waals surface area (Å²) in [6.45, 7) is 10.9. The molecule has 0 bridgehead atoms. The van der Waals surface area contributed by atoms with Crippen molar-refractivity contribution in [1.82, 2.24) is 4.48 Å². The number of rotatable bonds is 20. The maximum Gasteiger partial charge on any atom is 0.140 e. The van der Waals surface area contributed by atoms with E-state index in [4.69, 9.17) is 0 Å². The van der Waals surface area contributed by atoms with Crippen molar-refractivity contribution in [1.29, 1.82) is 0 Å². The first-order chi connectivity index (χ1) is 16.3. The zero-order chi connectivity index (χ0) is 23.6. The van der Waals surface area contributed by atoms with Gasteiger partial charge < -0.3 is 12.4 Å². The van der Waals surface area contributed by atoms with Crippen molar-refractivity contribution in [2.45, 2.75) is 124 Å². The Hall–Kier alpha value is -1.05. The summed E-state index contributed by atoms with van der Waals surface area (Å²) in [6.07, 6.45) is 22.6. The van der Waals surface area contributed by atoms with E-state index < -0.39 is 0 Å². The summed E-state index contributed by atoms with van der Waals surface area (Å²) in [5, 5.41) is 2.86. The summed E-state index contributed by atoms with van der Waals surface area (Å²) in [5.74, 6) is 0. The third-order valence-electron chi connectivity index (χ3n) is 7.52. The van der Waals surface area contributed by atoms with Crippen LogP contribution in [-0.2, 0) is 0 Å². The number of fused-ring (bicyclic) bond motifs is 1. The molecule has 0 fully saturated rings. The zero-order valence-electron chi connectivity index (χ0n) is 22.8. The second-order valence-electron chi connectivity index (χ2n) is 10.4. The summed E-state index contributed by atoms with van der Waals surface area (Å²) in [5.41, 5.74) is 1.56. The van der Waals surface area contributed by atoms with Gasteiger partial charge in [0.2, 0.25) is 0 Å². The summed E-state index contributed by atoms with van der Waals surface area (Å²) in [7, 11) is 0. The molecule has 0 spiro atoms. The maximum atomic E-state index is 2.41. The van der Waals surface area contributed by atoms with E-state index in [0.717, 1.165) is 0 Å². The molecule has 0 aliphatic carbocycles. The van der Waals surface area contributed by atoms with Crippen molar-refractivity contribution < 1.29 is 12.4 Å². The van der Waals surface area contributed by atoms with Gasteiger partial charge in [-0.05, 0) is 43.2 Å². The quantitative estimate of drug-likeness (QED) is 0.134. The number of unbranched alkanes of at least 4 members (excludes halogenated alkanes) is 13. The molecular weight excluding hydrogens is 434 g/mol. The van der Waals surface area contributed by atoms with Crippen LogP contribution in [0.4, 0.5) is 5.69 Å². The first kappa shape index (κ1) is 31.0. The van der Waals surface area contributed by atoms with Gasteiger partial charge in [0.25, 0.3) is 0 Å². The van der Waals surface area contributed by atoms with Crippen molar-refractivity contribution in [3.8, 4) is 0 Å². The molecule has 2 aromatic rings. The fourth-order valence-corrected chi connectivity index (χ4v) is 5.78. The average Bonchev–Trinajstić information content (AvgIpc) is 2.84. The van der Waals surface area contributed by atoms with Crippen LogP contribution in [0.1, 0.15) is 124 Å². The lowest BCUT2D eigenvalue weighted by molar-refractivity contribution is -0.00000713. The molecule has 0 unspecified atom stereocenters. The molecule has 0 saturated heterocycles. The van der Waals surface area contributed by atoms with Gasteiger partial charge in [0.15, 0.2) is 0 Å². The lowest BCUT2D eigenvalue weighted by Crippen LogP contribution is -3.00. The Bertz CT molecular complexity index is 729. The van der Waals surface area contributed by atoms with E-state index in [0.29, 0.717) is 0 Å². The highest BCUT2D eigenvalue weighted by Crippen LogP contribution is 2.33. The minimum absolute atomic E-state index is 0. The van der Waals surface area contributed by atoms with E-state index in [1.807, 2.05) is 0 Å². The topological polar surface area (TPSA) is 0 Å². The van der Waals surface area contributed by atoms with Gasteiger partial charge in [-0.3, -0.25) is 4.48 Å². The molecule has 0 aliphatic rings. The second kappa shape index (κ2) is 19.2. The first-order valence-electron chi connectivity index (χ1n) is 14.6. The molecule has 194 valence electrons. The highest BCUT2D eigenvalue weighted by molar-refractivity contribution is 5.93. The molecule has 2 heteroatoms. The molecule has 0 radical (unpaired) electrons. The number of halogens is 1. The molecule has 0 aliphatic heterocycles. The van der Waals surface area contributed by atoms with Gasteiger partial charge in [0, 0.05) is 5.39 Å². The zero-order valence-corrected chi connectivity index (χ0v) is 23.6. The average molecular weight is 488 g/mol. The van der Waals surface area contributed by atoms with E-state index in [-0.39, 0.29) is 12.4 Å². The normalized spacial score (nSPS) is 11.6. The van der Waals surface area contributed by atoms with Crippen LogP contribution in [0.25, 0.3) is 10.8 Å². The molecule has 34 heavy (non-hydrogen) atoms. The Morgan fingerprint density at radius 2 is 0.941 bits per heavy atom. The monoisotopic (exact) mass is 487 g/mol. The largest absolute Gasteiger partial charge is 1.00 e. The number of nitrogens with zero attached hydrogens (tertiary/aromatic N) is 1. The van der Waals surface area contributed by atoms with Crippen molar-refractivity contribution in [3.63, 3.8) is 0 Å². The minimum Gasteiger partial charge on any atom is -1.00 e. The van der Waals surface area contributed by atoms with Crippen LogP contribution in [0.5, 0.6) is 0 Å². The predicted molar refractivity (Wildman–Crippen MR) is 151 cm³/mol. The summed E-state index contributed by atoms with van der Waals surface area (Å²) in [4.78, 5) is 0. The van der Waals surface area contributed by atoms with Crippen LogP contribution in [0.15, 0.2) is 42.5 Å². The smallest absolute Gasteiger partial charge is 0.140 e.